The van der Waals surface area contributed by atoms with E-state index in [4.69, 9.17) is 0 Å². The fourth-order valence-electron chi connectivity index (χ4n) is 2.66. The van der Waals surface area contributed by atoms with Gasteiger partial charge in [-0.1, -0.05) is 23.9 Å². The lowest BCUT2D eigenvalue weighted by atomic mass is 10.1. The average Bonchev–Trinajstić information content (AvgIpc) is 3.24. The highest BCUT2D eigenvalue weighted by Crippen LogP contribution is 2.25. The lowest BCUT2D eigenvalue weighted by Gasteiger charge is -2.11. The van der Waals surface area contributed by atoms with Crippen molar-refractivity contribution in [2.45, 2.75) is 24.8 Å². The van der Waals surface area contributed by atoms with E-state index in [0.29, 0.717) is 5.75 Å². The molecule has 0 amide bonds. The molecule has 0 saturated heterocycles. The van der Waals surface area contributed by atoms with Crippen LogP contribution in [0.15, 0.2) is 58.2 Å². The molecule has 0 atom stereocenters. The summed E-state index contributed by atoms with van der Waals surface area (Å²) >= 11 is 3.05. The monoisotopic (exact) mass is 368 g/mol. The van der Waals surface area contributed by atoms with E-state index in [1.165, 1.54) is 22.5 Å². The molecule has 0 saturated carbocycles. The Bertz CT molecular complexity index is 1110. The third-order valence-electron chi connectivity index (χ3n) is 3.94. The van der Waals surface area contributed by atoms with Gasteiger partial charge in [0, 0.05) is 35.8 Å². The van der Waals surface area contributed by atoms with Crippen LogP contribution in [0.2, 0.25) is 0 Å². The highest BCUT2D eigenvalue weighted by Gasteiger charge is 2.10. The fourth-order valence-corrected chi connectivity index (χ4v) is 4.26. The van der Waals surface area contributed by atoms with Crippen LogP contribution < -0.4 is 5.56 Å². The van der Waals surface area contributed by atoms with Gasteiger partial charge in [-0.25, -0.2) is 9.97 Å². The number of aryl methyl sites for hydroxylation is 2. The molecule has 4 aromatic rings. The summed E-state index contributed by atoms with van der Waals surface area (Å²) in [6.07, 6.45) is 5.52. The Morgan fingerprint density at radius 3 is 2.96 bits per heavy atom. The van der Waals surface area contributed by atoms with Gasteiger partial charge in [0.2, 0.25) is 0 Å². The van der Waals surface area contributed by atoms with Gasteiger partial charge >= 0.3 is 0 Å². The molecule has 0 unspecified atom stereocenters. The van der Waals surface area contributed by atoms with Crippen molar-refractivity contribution in [1.29, 1.82) is 0 Å². The second-order valence-corrected chi connectivity index (χ2v) is 7.62. The summed E-state index contributed by atoms with van der Waals surface area (Å²) in [5.41, 5.74) is 4.26. The molecule has 25 heavy (non-hydrogen) atoms. The highest BCUT2D eigenvalue weighted by atomic mass is 32.2. The van der Waals surface area contributed by atoms with Crippen LogP contribution in [0, 0.1) is 13.8 Å². The molecular weight excluding hydrogens is 352 g/mol. The number of hydrogen-bond donors (Lipinski definition) is 0. The van der Waals surface area contributed by atoms with Gasteiger partial charge in [0.1, 0.15) is 0 Å². The molecule has 126 valence electrons. The smallest absolute Gasteiger partial charge is 0.258 e. The number of aromatic nitrogens is 4. The van der Waals surface area contributed by atoms with Crippen molar-refractivity contribution in [2.24, 2.45) is 0 Å². The molecule has 0 aliphatic heterocycles. The van der Waals surface area contributed by atoms with E-state index in [0.717, 1.165) is 21.5 Å². The van der Waals surface area contributed by atoms with Gasteiger partial charge in [-0.3, -0.25) is 13.8 Å². The van der Waals surface area contributed by atoms with Gasteiger partial charge in [0.15, 0.2) is 10.1 Å². The van der Waals surface area contributed by atoms with Crippen LogP contribution in [-0.4, -0.2) is 18.9 Å². The zero-order valence-corrected chi connectivity index (χ0v) is 15.5. The Labute approximate surface area is 153 Å². The van der Waals surface area contributed by atoms with Crippen LogP contribution in [0.1, 0.15) is 16.8 Å². The number of thioether (sulfide) groups is 1. The molecule has 0 N–H and O–H groups in total. The second-order valence-electron chi connectivity index (χ2n) is 5.80. The molecule has 0 bridgehead atoms. The summed E-state index contributed by atoms with van der Waals surface area (Å²) in [5, 5.41) is 2.76. The molecular formula is C18H16N4OS2. The molecule has 7 heteroatoms. The van der Waals surface area contributed by atoms with E-state index in [-0.39, 0.29) is 5.56 Å². The molecule has 0 aliphatic rings. The van der Waals surface area contributed by atoms with Crippen LogP contribution >= 0.6 is 23.1 Å². The fraction of sp³-hybridized carbons (Fsp3) is 0.167. The molecule has 5 nitrogen and oxygen atoms in total. The molecule has 0 radical (unpaired) electrons. The van der Waals surface area contributed by atoms with Crippen LogP contribution in [0.25, 0.3) is 10.6 Å². The number of fused-ring (bicyclic) bond motifs is 1. The Morgan fingerprint density at radius 2 is 2.08 bits per heavy atom. The summed E-state index contributed by atoms with van der Waals surface area (Å²) in [5.74, 6) is 0.603. The van der Waals surface area contributed by atoms with Crippen molar-refractivity contribution in [2.75, 3.05) is 0 Å². The van der Waals surface area contributed by atoms with Gasteiger partial charge in [-0.15, -0.1) is 11.3 Å². The topological polar surface area (TPSA) is 52.2 Å². The predicted molar refractivity (Wildman–Crippen MR) is 102 cm³/mol. The number of nitrogens with zero attached hydrogens (tertiary/aromatic N) is 4. The number of hydrogen-bond acceptors (Lipinski definition) is 5. The molecule has 1 aromatic carbocycles. The minimum absolute atomic E-state index is 0.0419. The Hall–Kier alpha value is -2.38. The zero-order valence-electron chi connectivity index (χ0n) is 13.8. The first-order chi connectivity index (χ1) is 12.1. The van der Waals surface area contributed by atoms with Crippen LogP contribution in [0.5, 0.6) is 0 Å². The zero-order chi connectivity index (χ0) is 17.4. The van der Waals surface area contributed by atoms with Gasteiger partial charge in [-0.2, -0.15) is 0 Å². The first-order valence-corrected chi connectivity index (χ1v) is 9.68. The first kappa shape index (κ1) is 16.1. The minimum atomic E-state index is -0.0419. The predicted octanol–water partition coefficient (Wildman–Crippen LogP) is 3.85. The first-order valence-electron chi connectivity index (χ1n) is 7.81. The number of rotatable bonds is 4. The van der Waals surface area contributed by atoms with Gasteiger partial charge in [-0.05, 0) is 31.0 Å². The third kappa shape index (κ3) is 3.12. The minimum Gasteiger partial charge on any atom is -0.295 e. The standard InChI is InChI=1S/C18H16N4OS2/c1-12-3-4-13(2)15(9-12)21-6-5-19-17(21)25-11-14-10-16(23)22-7-8-24-18(22)20-14/h3-10H,11H2,1-2H3. The van der Waals surface area contributed by atoms with Crippen molar-refractivity contribution >= 4 is 28.1 Å². The molecule has 0 aliphatic carbocycles. The average molecular weight is 368 g/mol. The third-order valence-corrected chi connectivity index (χ3v) is 5.69. The van der Waals surface area contributed by atoms with E-state index < -0.39 is 0 Å². The van der Waals surface area contributed by atoms with E-state index in [1.54, 1.807) is 34.6 Å². The van der Waals surface area contributed by atoms with E-state index in [2.05, 4.69) is 46.6 Å². The second kappa shape index (κ2) is 6.50. The number of imidazole rings is 1. The van der Waals surface area contributed by atoms with Crippen LogP contribution in [0.3, 0.4) is 0 Å². The van der Waals surface area contributed by atoms with Crippen molar-refractivity contribution in [1.82, 2.24) is 18.9 Å². The van der Waals surface area contributed by atoms with Gasteiger partial charge < -0.3 is 0 Å². The van der Waals surface area contributed by atoms with Crippen molar-refractivity contribution in [3.05, 3.63) is 75.4 Å². The van der Waals surface area contributed by atoms with E-state index in [1.807, 2.05) is 11.6 Å². The quantitative estimate of drug-likeness (QED) is 0.514. The maximum absolute atomic E-state index is 12.1. The normalized spacial score (nSPS) is 11.3. The highest BCUT2D eigenvalue weighted by molar-refractivity contribution is 7.98. The maximum Gasteiger partial charge on any atom is 0.258 e. The lowest BCUT2D eigenvalue weighted by molar-refractivity contribution is 0.885. The van der Waals surface area contributed by atoms with Crippen LogP contribution in [-0.2, 0) is 5.75 Å². The lowest BCUT2D eigenvalue weighted by Crippen LogP contribution is -2.12. The SMILES string of the molecule is Cc1ccc(C)c(-n2ccnc2SCc2cc(=O)n3ccsc3n2)c1. The number of thiazole rings is 1. The van der Waals surface area contributed by atoms with Gasteiger partial charge in [0.25, 0.3) is 5.56 Å². The van der Waals surface area contributed by atoms with Crippen molar-refractivity contribution in [3.8, 4) is 5.69 Å². The summed E-state index contributed by atoms with van der Waals surface area (Å²) in [4.78, 5) is 21.8. The molecule has 3 heterocycles. The molecule has 3 aromatic heterocycles. The van der Waals surface area contributed by atoms with Crippen molar-refractivity contribution in [3.63, 3.8) is 0 Å². The molecule has 4 rings (SSSR count). The number of benzene rings is 1. The Morgan fingerprint density at radius 1 is 1.20 bits per heavy atom. The van der Waals surface area contributed by atoms with Crippen LogP contribution in [0.4, 0.5) is 0 Å². The van der Waals surface area contributed by atoms with E-state index in [9.17, 15) is 4.79 Å². The van der Waals surface area contributed by atoms with Gasteiger partial charge in [0.05, 0.1) is 11.4 Å². The summed E-state index contributed by atoms with van der Waals surface area (Å²) in [6.45, 7) is 4.18. The summed E-state index contributed by atoms with van der Waals surface area (Å²) in [6, 6.07) is 7.98. The summed E-state index contributed by atoms with van der Waals surface area (Å²) < 4.78 is 3.65. The van der Waals surface area contributed by atoms with E-state index >= 15 is 0 Å². The summed E-state index contributed by atoms with van der Waals surface area (Å²) in [7, 11) is 0. The molecule has 0 spiro atoms. The molecule has 0 fully saturated rings. The Kier molecular flexibility index (Phi) is 4.19. The maximum atomic E-state index is 12.1. The largest absolute Gasteiger partial charge is 0.295 e. The van der Waals surface area contributed by atoms with Crippen molar-refractivity contribution < 1.29 is 0 Å². The Balaban J connectivity index is 1.62.